The van der Waals surface area contributed by atoms with Crippen molar-refractivity contribution in [3.8, 4) is 0 Å². The third kappa shape index (κ3) is 3.03. The van der Waals surface area contributed by atoms with E-state index in [0.717, 1.165) is 0 Å². The molecule has 0 aliphatic carbocycles. The van der Waals surface area contributed by atoms with E-state index in [0.29, 0.717) is 0 Å². The standard InChI is InChI=1S/C11H14/c1-2-3-5-8-11-9-6-4-7-10-11/h4-10H,2-3H2,1H3. The first-order valence-corrected chi connectivity index (χ1v) is 4.15. The average molecular weight is 146 g/mol. The van der Waals surface area contributed by atoms with Crippen LogP contribution in [0.3, 0.4) is 0 Å². The van der Waals surface area contributed by atoms with Gasteiger partial charge in [-0.1, -0.05) is 55.8 Å². The molecule has 0 N–H and O–H groups in total. The fraction of sp³-hybridized carbons (Fsp3) is 0.273. The van der Waals surface area contributed by atoms with Gasteiger partial charge < -0.3 is 0 Å². The second kappa shape index (κ2) is 4.73. The fourth-order valence-corrected chi connectivity index (χ4v) is 0.950. The zero-order valence-electron chi connectivity index (χ0n) is 6.96. The van der Waals surface area contributed by atoms with E-state index in [1.165, 1.54) is 18.4 Å². The second-order valence-corrected chi connectivity index (χ2v) is 2.60. The van der Waals surface area contributed by atoms with Crippen molar-refractivity contribution < 1.29 is 0 Å². The van der Waals surface area contributed by atoms with Crippen molar-refractivity contribution in [2.24, 2.45) is 0 Å². The van der Waals surface area contributed by atoms with Crippen LogP contribution in [0.5, 0.6) is 0 Å². The van der Waals surface area contributed by atoms with Crippen molar-refractivity contribution in [1.29, 1.82) is 0 Å². The highest BCUT2D eigenvalue weighted by Crippen LogP contribution is 2.02. The highest BCUT2D eigenvalue weighted by atomic mass is 13.9. The molecule has 0 aromatic heterocycles. The Hall–Kier alpha value is -1.04. The number of rotatable bonds is 3. The predicted molar refractivity (Wildman–Crippen MR) is 50.4 cm³/mol. The van der Waals surface area contributed by atoms with Crippen LogP contribution in [0, 0.1) is 0 Å². The van der Waals surface area contributed by atoms with Gasteiger partial charge in [0.05, 0.1) is 0 Å². The van der Waals surface area contributed by atoms with E-state index in [9.17, 15) is 0 Å². The zero-order valence-corrected chi connectivity index (χ0v) is 6.96. The molecule has 0 unspecified atom stereocenters. The molecule has 0 spiro atoms. The summed E-state index contributed by atoms with van der Waals surface area (Å²) < 4.78 is 0. The van der Waals surface area contributed by atoms with Gasteiger partial charge in [-0.3, -0.25) is 0 Å². The smallest absolute Gasteiger partial charge is 0.0260 e. The summed E-state index contributed by atoms with van der Waals surface area (Å²) in [5, 5.41) is 0. The number of hydrogen-bond acceptors (Lipinski definition) is 0. The Bertz CT molecular complexity index is 209. The zero-order chi connectivity index (χ0) is 7.94. The number of hydrogen-bond donors (Lipinski definition) is 0. The Morgan fingerprint density at radius 2 is 1.91 bits per heavy atom. The van der Waals surface area contributed by atoms with Crippen LogP contribution >= 0.6 is 0 Å². The maximum atomic E-state index is 2.22. The summed E-state index contributed by atoms with van der Waals surface area (Å²) in [7, 11) is 0. The highest BCUT2D eigenvalue weighted by molar-refractivity contribution is 5.48. The summed E-state index contributed by atoms with van der Waals surface area (Å²) in [5.41, 5.74) is 1.29. The lowest BCUT2D eigenvalue weighted by atomic mass is 10.2. The molecule has 0 aliphatic rings. The van der Waals surface area contributed by atoms with E-state index in [-0.39, 0.29) is 0 Å². The van der Waals surface area contributed by atoms with Crippen LogP contribution in [0.2, 0.25) is 0 Å². The lowest BCUT2D eigenvalue weighted by Crippen LogP contribution is -1.68. The lowest BCUT2D eigenvalue weighted by molar-refractivity contribution is 0.962. The van der Waals surface area contributed by atoms with Gasteiger partial charge in [0.25, 0.3) is 0 Å². The van der Waals surface area contributed by atoms with Gasteiger partial charge in [0.15, 0.2) is 0 Å². The van der Waals surface area contributed by atoms with Crippen molar-refractivity contribution in [2.45, 2.75) is 19.8 Å². The third-order valence-corrected chi connectivity index (χ3v) is 1.57. The normalized spacial score (nSPS) is 10.6. The first kappa shape index (κ1) is 8.06. The van der Waals surface area contributed by atoms with Gasteiger partial charge >= 0.3 is 0 Å². The molecule has 58 valence electrons. The Kier molecular flexibility index (Phi) is 3.46. The van der Waals surface area contributed by atoms with Crippen LogP contribution < -0.4 is 0 Å². The summed E-state index contributed by atoms with van der Waals surface area (Å²) in [6.45, 7) is 2.19. The molecule has 0 saturated heterocycles. The molecular weight excluding hydrogens is 132 g/mol. The van der Waals surface area contributed by atoms with Crippen molar-refractivity contribution in [1.82, 2.24) is 0 Å². The molecule has 1 aromatic carbocycles. The quantitative estimate of drug-likeness (QED) is 0.612. The van der Waals surface area contributed by atoms with Crippen molar-refractivity contribution in [2.75, 3.05) is 0 Å². The van der Waals surface area contributed by atoms with Crippen molar-refractivity contribution in [3.63, 3.8) is 0 Å². The van der Waals surface area contributed by atoms with Gasteiger partial charge in [0.2, 0.25) is 0 Å². The molecule has 0 heteroatoms. The summed E-state index contributed by atoms with van der Waals surface area (Å²) >= 11 is 0. The maximum Gasteiger partial charge on any atom is -0.0260 e. The van der Waals surface area contributed by atoms with E-state index in [2.05, 4.69) is 43.3 Å². The first-order valence-electron chi connectivity index (χ1n) is 4.15. The Labute approximate surface area is 68.6 Å². The Balaban J connectivity index is 2.50. The first-order chi connectivity index (χ1) is 5.43. The molecule has 0 radical (unpaired) electrons. The number of unbranched alkanes of at least 4 members (excludes halogenated alkanes) is 1. The molecule has 11 heavy (non-hydrogen) atoms. The predicted octanol–water partition coefficient (Wildman–Crippen LogP) is 3.50. The van der Waals surface area contributed by atoms with E-state index >= 15 is 0 Å². The summed E-state index contributed by atoms with van der Waals surface area (Å²) in [6.07, 6.45) is 6.79. The Morgan fingerprint density at radius 3 is 2.55 bits per heavy atom. The summed E-state index contributed by atoms with van der Waals surface area (Å²) in [4.78, 5) is 0. The van der Waals surface area contributed by atoms with Gasteiger partial charge in [0, 0.05) is 0 Å². The molecule has 0 atom stereocenters. The van der Waals surface area contributed by atoms with Gasteiger partial charge in [-0.05, 0) is 12.0 Å². The van der Waals surface area contributed by atoms with Gasteiger partial charge in [-0.15, -0.1) is 0 Å². The topological polar surface area (TPSA) is 0 Å². The van der Waals surface area contributed by atoms with Crippen LogP contribution in [0.25, 0.3) is 6.08 Å². The minimum absolute atomic E-state index is 1.18. The van der Waals surface area contributed by atoms with Crippen LogP contribution in [0.4, 0.5) is 0 Å². The van der Waals surface area contributed by atoms with E-state index < -0.39 is 0 Å². The molecular formula is C11H14. The number of allylic oxidation sites excluding steroid dienone is 1. The van der Waals surface area contributed by atoms with E-state index in [1.54, 1.807) is 0 Å². The van der Waals surface area contributed by atoms with Crippen LogP contribution in [-0.4, -0.2) is 0 Å². The lowest BCUT2D eigenvalue weighted by Gasteiger charge is -1.89. The van der Waals surface area contributed by atoms with Crippen molar-refractivity contribution >= 4 is 6.08 Å². The molecule has 0 bridgehead atoms. The fourth-order valence-electron chi connectivity index (χ4n) is 0.950. The largest absolute Gasteiger partial charge is 0.0840 e. The van der Waals surface area contributed by atoms with E-state index in [4.69, 9.17) is 0 Å². The van der Waals surface area contributed by atoms with Crippen LogP contribution in [0.1, 0.15) is 25.3 Å². The highest BCUT2D eigenvalue weighted by Gasteiger charge is 1.80. The SMILES string of the molecule is CCCC=Cc1ccccc1. The summed E-state index contributed by atoms with van der Waals surface area (Å²) in [6, 6.07) is 10.4. The molecule has 0 heterocycles. The minimum atomic E-state index is 1.18. The average Bonchev–Trinajstić information content (AvgIpc) is 2.07. The molecule has 1 rings (SSSR count). The molecule has 1 aromatic rings. The van der Waals surface area contributed by atoms with E-state index in [1.807, 2.05) is 6.07 Å². The van der Waals surface area contributed by atoms with Crippen LogP contribution in [-0.2, 0) is 0 Å². The van der Waals surface area contributed by atoms with Crippen LogP contribution in [0.15, 0.2) is 36.4 Å². The van der Waals surface area contributed by atoms with Gasteiger partial charge in [-0.2, -0.15) is 0 Å². The van der Waals surface area contributed by atoms with Crippen molar-refractivity contribution in [3.05, 3.63) is 42.0 Å². The number of benzene rings is 1. The molecule has 0 nitrogen and oxygen atoms in total. The summed E-state index contributed by atoms with van der Waals surface area (Å²) in [5.74, 6) is 0. The minimum Gasteiger partial charge on any atom is -0.0840 e. The Morgan fingerprint density at radius 1 is 1.18 bits per heavy atom. The van der Waals surface area contributed by atoms with Gasteiger partial charge in [0.1, 0.15) is 0 Å². The molecule has 0 fully saturated rings. The second-order valence-electron chi connectivity index (χ2n) is 2.60. The molecule has 0 aliphatic heterocycles. The molecule has 0 amide bonds. The van der Waals surface area contributed by atoms with Gasteiger partial charge in [-0.25, -0.2) is 0 Å². The maximum absolute atomic E-state index is 2.22. The molecule has 0 saturated carbocycles. The monoisotopic (exact) mass is 146 g/mol. The third-order valence-electron chi connectivity index (χ3n) is 1.57.